The molecule has 3 aromatic heterocycles. The van der Waals surface area contributed by atoms with Crippen LogP contribution in [0.25, 0.3) is 117 Å². The standard InChI is InChI=1S/C82H72N4O.Pt/c1-79(2,3)56-37-35-52(36-38-56)54-45-71-65-27-16-17-29-68(65)76-63(53-23-14-13-15-24-53)30-21-32-69(76)70-33-22-31-64(55-43-58(81(7,8)9)47-59(44-55)82(10,11)12)77(70)85-51-84(74(46-54)78(71)85)60-25-20-26-61(49-60)87-62-39-40-67-66-28-18-19-34-72(66)86(73(67)50-62)75-48-57(41-42-83-75)80(4,5)6;/h13-48H,1-12H3;/q-2;/i13D,14D,15D,23D,24D;. The van der Waals surface area contributed by atoms with Crippen molar-refractivity contribution in [3.8, 4) is 95.5 Å². The maximum atomic E-state index is 9.50. The summed E-state index contributed by atoms with van der Waals surface area (Å²) in [5, 5.41) is 2.13. The van der Waals surface area contributed by atoms with E-state index in [2.05, 4.69) is 255 Å². The van der Waals surface area contributed by atoms with Crippen LogP contribution in [0, 0.1) is 18.5 Å². The van der Waals surface area contributed by atoms with Crippen LogP contribution in [0.15, 0.2) is 218 Å². The first kappa shape index (κ1) is 52.3. The van der Waals surface area contributed by atoms with Crippen LogP contribution >= 0.6 is 0 Å². The average Bonchev–Trinajstić information content (AvgIpc) is 1.69. The summed E-state index contributed by atoms with van der Waals surface area (Å²) in [5.74, 6) is 1.81. The molecule has 0 bridgehead atoms. The van der Waals surface area contributed by atoms with Crippen LogP contribution in [-0.4, -0.2) is 14.1 Å². The number of benzene rings is 10. The van der Waals surface area contributed by atoms with E-state index in [9.17, 15) is 2.74 Å². The molecule has 0 fully saturated rings. The molecule has 1 aliphatic heterocycles. The molecule has 0 N–H and O–H groups in total. The molecule has 0 saturated heterocycles. The van der Waals surface area contributed by atoms with E-state index in [-0.39, 0.29) is 60.4 Å². The van der Waals surface area contributed by atoms with Crippen molar-refractivity contribution in [2.75, 3.05) is 0 Å². The molecule has 438 valence electrons. The van der Waals surface area contributed by atoms with Gasteiger partial charge in [-0.05, 0) is 146 Å². The summed E-state index contributed by atoms with van der Waals surface area (Å²) < 4.78 is 59.1. The number of pyridine rings is 1. The fraction of sp³-hybridized carbons (Fsp3) is 0.195. The van der Waals surface area contributed by atoms with Gasteiger partial charge in [0.2, 0.25) is 0 Å². The zero-order valence-electron chi connectivity index (χ0n) is 56.9. The van der Waals surface area contributed by atoms with Crippen molar-refractivity contribution in [3.63, 3.8) is 0 Å². The van der Waals surface area contributed by atoms with E-state index in [1.807, 2.05) is 48.7 Å². The molecule has 14 rings (SSSR count). The molecule has 88 heavy (non-hydrogen) atoms. The van der Waals surface area contributed by atoms with Crippen LogP contribution in [-0.2, 0) is 42.7 Å². The van der Waals surface area contributed by atoms with Crippen molar-refractivity contribution in [3.05, 3.63) is 259 Å². The molecule has 0 atom stereocenters. The second-order valence-corrected chi connectivity index (χ2v) is 27.4. The summed E-state index contributed by atoms with van der Waals surface area (Å²) in [6.07, 6.45) is 5.91. The van der Waals surface area contributed by atoms with E-state index in [0.717, 1.165) is 100.0 Å². The van der Waals surface area contributed by atoms with Gasteiger partial charge in [-0.25, -0.2) is 4.98 Å². The fourth-order valence-electron chi connectivity index (χ4n) is 12.5. The van der Waals surface area contributed by atoms with Gasteiger partial charge in [-0.2, -0.15) is 18.2 Å². The van der Waals surface area contributed by atoms with Crippen LogP contribution in [0.3, 0.4) is 0 Å². The topological polar surface area (TPSA) is 35.9 Å². The minimum Gasteiger partial charge on any atom is -0.510 e. The number of imidazole rings is 1. The van der Waals surface area contributed by atoms with Gasteiger partial charge < -0.3 is 13.9 Å². The first-order chi connectivity index (χ1) is 43.7. The molecule has 0 radical (unpaired) electrons. The molecule has 0 unspecified atom stereocenters. The second-order valence-electron chi connectivity index (χ2n) is 27.4. The van der Waals surface area contributed by atoms with Crippen LogP contribution in [0.4, 0.5) is 0 Å². The van der Waals surface area contributed by atoms with Gasteiger partial charge in [-0.3, -0.25) is 4.57 Å². The molecular formula is C82H72N4OPt-2. The largest absolute Gasteiger partial charge is 0.510 e. The molecule has 0 amide bonds. The smallest absolute Gasteiger partial charge is 0.268 e. The molecule has 0 saturated carbocycles. The number of para-hydroxylation sites is 2. The predicted molar refractivity (Wildman–Crippen MR) is 361 cm³/mol. The van der Waals surface area contributed by atoms with E-state index in [1.54, 1.807) is 0 Å². The van der Waals surface area contributed by atoms with Crippen molar-refractivity contribution in [1.29, 1.82) is 0 Å². The van der Waals surface area contributed by atoms with Gasteiger partial charge in [0.25, 0.3) is 6.33 Å². The molecule has 5 nitrogen and oxygen atoms in total. The van der Waals surface area contributed by atoms with Gasteiger partial charge in [-0.1, -0.05) is 246 Å². The molecule has 4 heterocycles. The number of hydrogen-bond acceptors (Lipinski definition) is 2. The van der Waals surface area contributed by atoms with Gasteiger partial charge in [0.05, 0.1) is 23.6 Å². The summed E-state index contributed by atoms with van der Waals surface area (Å²) in [6.45, 7) is 26.9. The molecule has 0 spiro atoms. The Labute approximate surface area is 540 Å². The molecule has 13 aromatic rings. The zero-order chi connectivity index (χ0) is 64.7. The minimum absolute atomic E-state index is 0. The number of hydrogen-bond donors (Lipinski definition) is 0. The van der Waals surface area contributed by atoms with Gasteiger partial charge >= 0.3 is 0 Å². The van der Waals surface area contributed by atoms with E-state index in [1.165, 1.54) is 22.3 Å². The first-order valence-electron chi connectivity index (χ1n) is 32.6. The number of rotatable bonds is 7. The quantitative estimate of drug-likeness (QED) is 0.118. The van der Waals surface area contributed by atoms with E-state index < -0.39 is 18.1 Å². The molecule has 0 aliphatic carbocycles. The molecule has 1 aliphatic rings. The van der Waals surface area contributed by atoms with Gasteiger partial charge in [0.1, 0.15) is 5.82 Å². The van der Waals surface area contributed by atoms with Crippen molar-refractivity contribution in [2.45, 2.75) is 105 Å². The number of ether oxygens (including phenoxy) is 1. The van der Waals surface area contributed by atoms with E-state index >= 15 is 0 Å². The summed E-state index contributed by atoms with van der Waals surface area (Å²) in [7, 11) is 0. The summed E-state index contributed by atoms with van der Waals surface area (Å²) in [6, 6.07) is 69.5. The molecule has 10 aromatic carbocycles. The zero-order valence-corrected chi connectivity index (χ0v) is 54.2. The van der Waals surface area contributed by atoms with Crippen molar-refractivity contribution < 1.29 is 37.2 Å². The van der Waals surface area contributed by atoms with Crippen LogP contribution in [0.1, 0.15) is 112 Å². The third kappa shape index (κ3) is 10.3. The summed E-state index contributed by atoms with van der Waals surface area (Å²) in [4.78, 5) is 4.93. The van der Waals surface area contributed by atoms with Gasteiger partial charge in [0, 0.05) is 44.3 Å². The Bertz CT molecular complexity index is 5120. The molecule has 6 heteroatoms. The monoisotopic (exact) mass is 1330 g/mol. The minimum atomic E-state index is -0.440. The SMILES string of the molecule is [2H]c1c([2H])c([2H])c(-c2cccc3c2-c2ccccc2-c2cc(-c4ccc(C(C)(C)C)cc4)cc4c2[n+]([c-]n4-c2[c-]c(Oc4[c-]c5c(cc4)c4ccccc4n5-c4cc(C(C)(C)C)ccn4)ccc2)-c2c(-c4cc(C(C)(C)C)cc(C(C)(C)C)c4)cccc2-3)c([2H])c1[2H].[Pt]. The Morgan fingerprint density at radius 1 is 0.443 bits per heavy atom. The summed E-state index contributed by atoms with van der Waals surface area (Å²) in [5.41, 5.74) is 19.1. The number of fused-ring (bicyclic) bond motifs is 10. The third-order valence-corrected chi connectivity index (χ3v) is 17.3. The number of aromatic nitrogens is 4. The first-order valence-corrected chi connectivity index (χ1v) is 30.1. The van der Waals surface area contributed by atoms with Gasteiger partial charge in [-0.15, -0.1) is 29.7 Å². The third-order valence-electron chi connectivity index (χ3n) is 17.3. The normalized spacial score (nSPS) is 13.2. The Balaban J connectivity index is 0.00000787. The average molecular weight is 1330 g/mol. The van der Waals surface area contributed by atoms with Gasteiger partial charge in [0.15, 0.2) is 0 Å². The van der Waals surface area contributed by atoms with E-state index in [4.69, 9.17) is 13.8 Å². The van der Waals surface area contributed by atoms with E-state index in [0.29, 0.717) is 22.7 Å². The predicted octanol–water partition coefficient (Wildman–Crippen LogP) is 21.1. The Kier molecular flexibility index (Phi) is 12.9. The Morgan fingerprint density at radius 2 is 1.07 bits per heavy atom. The Morgan fingerprint density at radius 3 is 1.78 bits per heavy atom. The van der Waals surface area contributed by atoms with Crippen molar-refractivity contribution in [2.24, 2.45) is 0 Å². The fourth-order valence-corrected chi connectivity index (χ4v) is 12.5. The van der Waals surface area contributed by atoms with Crippen molar-refractivity contribution >= 4 is 32.8 Å². The molecular weight excluding hydrogens is 1250 g/mol. The van der Waals surface area contributed by atoms with Crippen LogP contribution in [0.5, 0.6) is 11.5 Å². The van der Waals surface area contributed by atoms with Crippen LogP contribution < -0.4 is 9.30 Å². The maximum absolute atomic E-state index is 9.50. The van der Waals surface area contributed by atoms with Crippen LogP contribution in [0.2, 0.25) is 0 Å². The Hall–Kier alpha value is -8.89. The number of nitrogens with zero attached hydrogens (tertiary/aromatic N) is 4. The maximum Gasteiger partial charge on any atom is 0.268 e. The van der Waals surface area contributed by atoms with Crippen molar-refractivity contribution in [1.82, 2.24) is 14.1 Å². The summed E-state index contributed by atoms with van der Waals surface area (Å²) >= 11 is 0. The second kappa shape index (κ2) is 21.8.